The highest BCUT2D eigenvalue weighted by atomic mass is 16.3. The molecule has 1 saturated carbocycles. The van der Waals surface area contributed by atoms with Crippen LogP contribution < -0.4 is 10.6 Å². The molecule has 0 aromatic carbocycles. The number of piperidine rings is 1. The standard InChI is InChI=1S/C23H36N6O4/c1-13-7-14(8-19(31)25-13)10-24-21(32)18-9-16(30)11-28(18)22(33)20(23(2,3)4)29-12-17(26-27-29)15-5-6-15/h12-16,18,20,30H,5-11H2,1-4H3,(H,24,32)(H,25,31)/t13?,14?,16-,18+,20-/m1/s1. The van der Waals surface area contributed by atoms with Gasteiger partial charge < -0.3 is 20.6 Å². The van der Waals surface area contributed by atoms with Gasteiger partial charge >= 0.3 is 0 Å². The van der Waals surface area contributed by atoms with Gasteiger partial charge in [-0.05, 0) is 37.5 Å². The minimum absolute atomic E-state index is 0.00694. The first-order chi connectivity index (χ1) is 15.5. The van der Waals surface area contributed by atoms with Crippen molar-refractivity contribution in [2.75, 3.05) is 13.1 Å². The Kier molecular flexibility index (Phi) is 6.48. The molecule has 3 amide bonds. The van der Waals surface area contributed by atoms with E-state index in [9.17, 15) is 19.5 Å². The van der Waals surface area contributed by atoms with E-state index in [1.807, 2.05) is 33.9 Å². The molecule has 1 aromatic heterocycles. The second-order valence-corrected chi connectivity index (χ2v) is 11.1. The summed E-state index contributed by atoms with van der Waals surface area (Å²) >= 11 is 0. The zero-order chi connectivity index (χ0) is 23.9. The Hall–Kier alpha value is -2.49. The number of aliphatic hydroxyl groups is 1. The molecule has 0 radical (unpaired) electrons. The number of aromatic nitrogens is 3. The summed E-state index contributed by atoms with van der Waals surface area (Å²) in [6.07, 6.45) is 4.64. The van der Waals surface area contributed by atoms with Crippen LogP contribution in [-0.2, 0) is 14.4 Å². The summed E-state index contributed by atoms with van der Waals surface area (Å²) in [7, 11) is 0. The van der Waals surface area contributed by atoms with E-state index >= 15 is 0 Å². The first-order valence-corrected chi connectivity index (χ1v) is 12.0. The molecule has 0 bridgehead atoms. The summed E-state index contributed by atoms with van der Waals surface area (Å²) in [5, 5.41) is 24.7. The number of nitrogens with one attached hydrogen (secondary N) is 2. The fourth-order valence-corrected chi connectivity index (χ4v) is 5.08. The highest BCUT2D eigenvalue weighted by molar-refractivity contribution is 5.90. The molecule has 33 heavy (non-hydrogen) atoms. The van der Waals surface area contributed by atoms with E-state index in [0.29, 0.717) is 18.9 Å². The van der Waals surface area contributed by atoms with E-state index in [4.69, 9.17) is 0 Å². The Balaban J connectivity index is 1.47. The van der Waals surface area contributed by atoms with E-state index in [-0.39, 0.29) is 42.6 Å². The summed E-state index contributed by atoms with van der Waals surface area (Å²) in [5.41, 5.74) is 0.435. The average molecular weight is 461 g/mol. The number of likely N-dealkylation sites (tertiary alicyclic amines) is 1. The van der Waals surface area contributed by atoms with Gasteiger partial charge in [0.25, 0.3) is 0 Å². The Morgan fingerprint density at radius 3 is 2.67 bits per heavy atom. The number of nitrogens with zero attached hydrogens (tertiary/aromatic N) is 4. The predicted octanol–water partition coefficient (Wildman–Crippen LogP) is 0.735. The van der Waals surface area contributed by atoms with E-state index in [1.54, 1.807) is 4.68 Å². The molecule has 10 heteroatoms. The van der Waals surface area contributed by atoms with Crippen molar-refractivity contribution < 1.29 is 19.5 Å². The molecule has 1 aromatic rings. The Labute approximate surface area is 194 Å². The zero-order valence-corrected chi connectivity index (χ0v) is 20.0. The SMILES string of the molecule is CC1CC(CNC(=O)[C@@H]2C[C@@H](O)CN2C(=O)[C@@H](n2cc(C3CC3)nn2)C(C)(C)C)CC(=O)N1. The number of carbonyl (C=O) groups is 3. The van der Waals surface area contributed by atoms with Crippen LogP contribution in [0.15, 0.2) is 6.20 Å². The van der Waals surface area contributed by atoms with Gasteiger partial charge in [-0.25, -0.2) is 4.68 Å². The average Bonchev–Trinajstić information content (AvgIpc) is 3.32. The Bertz CT molecular complexity index is 905. The highest BCUT2D eigenvalue weighted by Gasteiger charge is 2.45. The Morgan fingerprint density at radius 2 is 2.03 bits per heavy atom. The number of aliphatic hydroxyl groups excluding tert-OH is 1. The first kappa shape index (κ1) is 23.7. The zero-order valence-electron chi connectivity index (χ0n) is 20.0. The van der Waals surface area contributed by atoms with Crippen LogP contribution >= 0.6 is 0 Å². The van der Waals surface area contributed by atoms with Crippen molar-refractivity contribution in [3.63, 3.8) is 0 Å². The molecule has 2 aliphatic heterocycles. The van der Waals surface area contributed by atoms with Gasteiger partial charge in [0.15, 0.2) is 0 Å². The van der Waals surface area contributed by atoms with Crippen molar-refractivity contribution in [1.82, 2.24) is 30.5 Å². The number of amides is 3. The lowest BCUT2D eigenvalue weighted by molar-refractivity contribution is -0.144. The van der Waals surface area contributed by atoms with Crippen molar-refractivity contribution in [3.8, 4) is 0 Å². The van der Waals surface area contributed by atoms with Gasteiger partial charge in [0, 0.05) is 44.1 Å². The van der Waals surface area contributed by atoms with Crippen LogP contribution in [0.4, 0.5) is 0 Å². The molecule has 3 fully saturated rings. The third-order valence-electron chi connectivity index (χ3n) is 6.84. The molecule has 10 nitrogen and oxygen atoms in total. The van der Waals surface area contributed by atoms with Gasteiger partial charge in [0.05, 0.1) is 11.8 Å². The summed E-state index contributed by atoms with van der Waals surface area (Å²) in [6, 6.07) is -1.31. The lowest BCUT2D eigenvalue weighted by Crippen LogP contribution is -2.51. The molecule has 3 N–H and O–H groups in total. The first-order valence-electron chi connectivity index (χ1n) is 12.0. The number of hydrogen-bond donors (Lipinski definition) is 3. The topological polar surface area (TPSA) is 129 Å². The van der Waals surface area contributed by atoms with Crippen molar-refractivity contribution >= 4 is 17.7 Å². The maximum atomic E-state index is 13.7. The van der Waals surface area contributed by atoms with E-state index in [0.717, 1.165) is 25.0 Å². The van der Waals surface area contributed by atoms with Crippen LogP contribution in [-0.4, -0.2) is 74.0 Å². The highest BCUT2D eigenvalue weighted by Crippen LogP contribution is 2.40. The van der Waals surface area contributed by atoms with Crippen LogP contribution in [0.2, 0.25) is 0 Å². The summed E-state index contributed by atoms with van der Waals surface area (Å²) in [6.45, 7) is 8.32. The lowest BCUT2D eigenvalue weighted by atomic mass is 9.85. The molecule has 182 valence electrons. The predicted molar refractivity (Wildman–Crippen MR) is 120 cm³/mol. The molecule has 2 unspecified atom stereocenters. The summed E-state index contributed by atoms with van der Waals surface area (Å²) in [4.78, 5) is 40.1. The third kappa shape index (κ3) is 5.37. The minimum atomic E-state index is -0.761. The fraction of sp³-hybridized carbons (Fsp3) is 0.783. The molecule has 2 saturated heterocycles. The van der Waals surface area contributed by atoms with Gasteiger partial charge in [-0.2, -0.15) is 0 Å². The molecule has 4 rings (SSSR count). The van der Waals surface area contributed by atoms with Crippen LogP contribution in [0.1, 0.15) is 77.5 Å². The molecular formula is C23H36N6O4. The maximum Gasteiger partial charge on any atom is 0.248 e. The third-order valence-corrected chi connectivity index (χ3v) is 6.84. The van der Waals surface area contributed by atoms with Gasteiger partial charge in [-0.1, -0.05) is 26.0 Å². The molecular weight excluding hydrogens is 424 g/mol. The molecule has 5 atom stereocenters. The van der Waals surface area contributed by atoms with Crippen molar-refractivity contribution in [1.29, 1.82) is 0 Å². The fourth-order valence-electron chi connectivity index (χ4n) is 5.08. The molecule has 1 aliphatic carbocycles. The normalized spacial score (nSPS) is 29.0. The second kappa shape index (κ2) is 9.04. The largest absolute Gasteiger partial charge is 0.391 e. The number of carbonyl (C=O) groups excluding carboxylic acids is 3. The molecule has 3 heterocycles. The number of β-amino-alcohol motifs (C(OH)–C–C–N with tert-alkyl or cyclic N) is 1. The molecule has 0 spiro atoms. The van der Waals surface area contributed by atoms with Gasteiger partial charge in [-0.15, -0.1) is 5.10 Å². The van der Waals surface area contributed by atoms with E-state index < -0.39 is 23.6 Å². The van der Waals surface area contributed by atoms with Crippen LogP contribution in [0.3, 0.4) is 0 Å². The second-order valence-electron chi connectivity index (χ2n) is 11.1. The lowest BCUT2D eigenvalue weighted by Gasteiger charge is -2.35. The van der Waals surface area contributed by atoms with Crippen LogP contribution in [0, 0.1) is 11.3 Å². The van der Waals surface area contributed by atoms with Crippen molar-refractivity contribution in [3.05, 3.63) is 11.9 Å². The van der Waals surface area contributed by atoms with Crippen LogP contribution in [0.25, 0.3) is 0 Å². The van der Waals surface area contributed by atoms with Crippen molar-refractivity contribution in [2.24, 2.45) is 11.3 Å². The summed E-state index contributed by atoms with van der Waals surface area (Å²) in [5.74, 6) is -0.0502. The van der Waals surface area contributed by atoms with Crippen LogP contribution in [0.5, 0.6) is 0 Å². The van der Waals surface area contributed by atoms with Gasteiger partial charge in [-0.3, -0.25) is 14.4 Å². The van der Waals surface area contributed by atoms with Gasteiger partial charge in [0.2, 0.25) is 17.7 Å². The van der Waals surface area contributed by atoms with Gasteiger partial charge in [0.1, 0.15) is 12.1 Å². The summed E-state index contributed by atoms with van der Waals surface area (Å²) < 4.78 is 1.62. The maximum absolute atomic E-state index is 13.7. The Morgan fingerprint density at radius 1 is 1.30 bits per heavy atom. The number of rotatable bonds is 6. The minimum Gasteiger partial charge on any atom is -0.391 e. The van der Waals surface area contributed by atoms with E-state index in [1.165, 1.54) is 4.90 Å². The smallest absolute Gasteiger partial charge is 0.248 e. The van der Waals surface area contributed by atoms with E-state index in [2.05, 4.69) is 20.9 Å². The molecule has 3 aliphatic rings. The quantitative estimate of drug-likeness (QED) is 0.574. The van der Waals surface area contributed by atoms with Crippen molar-refractivity contribution in [2.45, 2.75) is 89.9 Å². The number of hydrogen-bond acceptors (Lipinski definition) is 6. The monoisotopic (exact) mass is 460 g/mol.